The molecule has 0 saturated carbocycles. The molecule has 3 aromatic rings. The lowest BCUT2D eigenvalue weighted by molar-refractivity contribution is 0.102. The number of anilines is 2. The number of benzene rings is 2. The quantitative estimate of drug-likeness (QED) is 0.614. The van der Waals surface area contributed by atoms with Crippen LogP contribution < -0.4 is 15.0 Å². The molecule has 0 aliphatic carbocycles. The molecular weight excluding hydrogens is 352 g/mol. The van der Waals surface area contributed by atoms with Crippen LogP contribution in [0.4, 0.5) is 11.5 Å². The summed E-state index contributed by atoms with van der Waals surface area (Å²) < 4.78 is 5.90. The molecular formula is C22H24N4O2. The molecule has 2 aromatic carbocycles. The zero-order chi connectivity index (χ0) is 19.8. The van der Waals surface area contributed by atoms with Crippen LogP contribution in [0.2, 0.25) is 0 Å². The van der Waals surface area contributed by atoms with Gasteiger partial charge in [0.2, 0.25) is 0 Å². The molecule has 1 aromatic heterocycles. The van der Waals surface area contributed by atoms with E-state index in [0.29, 0.717) is 22.9 Å². The maximum Gasteiger partial charge on any atom is 0.274 e. The molecule has 0 aliphatic heterocycles. The molecule has 6 heteroatoms. The van der Waals surface area contributed by atoms with Gasteiger partial charge in [-0.15, -0.1) is 0 Å². The Labute approximate surface area is 165 Å². The largest absolute Gasteiger partial charge is 0.455 e. The van der Waals surface area contributed by atoms with Crippen LogP contribution in [0.1, 0.15) is 30.3 Å². The van der Waals surface area contributed by atoms with E-state index in [1.165, 1.54) is 6.33 Å². The maximum atomic E-state index is 12.7. The fourth-order valence-corrected chi connectivity index (χ4v) is 2.65. The number of carbonyl (C=O) groups excluding carboxylic acids is 1. The van der Waals surface area contributed by atoms with Gasteiger partial charge in [0.05, 0.1) is 5.69 Å². The summed E-state index contributed by atoms with van der Waals surface area (Å²) in [5, 5.41) is 2.88. The van der Waals surface area contributed by atoms with Gasteiger partial charge in [0.15, 0.2) is 5.75 Å². The van der Waals surface area contributed by atoms with Gasteiger partial charge in [-0.2, -0.15) is 0 Å². The van der Waals surface area contributed by atoms with Crippen molar-refractivity contribution in [3.05, 3.63) is 72.7 Å². The minimum absolute atomic E-state index is 0.308. The van der Waals surface area contributed by atoms with Crippen molar-refractivity contribution in [2.24, 2.45) is 0 Å². The number of hydrogen-bond acceptors (Lipinski definition) is 5. The highest BCUT2D eigenvalue weighted by molar-refractivity contribution is 6.04. The molecule has 6 nitrogen and oxygen atoms in total. The summed E-state index contributed by atoms with van der Waals surface area (Å²) in [6.07, 6.45) is 3.58. The SMILES string of the molecule is CCCCN(C)c1cc(C(=O)Nc2ccccc2Oc2ccccc2)ncn1. The highest BCUT2D eigenvalue weighted by atomic mass is 16.5. The Morgan fingerprint density at radius 2 is 1.82 bits per heavy atom. The first kappa shape index (κ1) is 19.4. The fourth-order valence-electron chi connectivity index (χ4n) is 2.65. The third-order valence-corrected chi connectivity index (χ3v) is 4.23. The molecule has 0 radical (unpaired) electrons. The summed E-state index contributed by atoms with van der Waals surface area (Å²) in [6.45, 7) is 3.02. The van der Waals surface area contributed by atoms with Crippen LogP contribution >= 0.6 is 0 Å². The predicted molar refractivity (Wildman–Crippen MR) is 111 cm³/mol. The van der Waals surface area contributed by atoms with Gasteiger partial charge >= 0.3 is 0 Å². The monoisotopic (exact) mass is 376 g/mol. The number of ether oxygens (including phenoxy) is 1. The minimum Gasteiger partial charge on any atom is -0.455 e. The Morgan fingerprint density at radius 1 is 1.07 bits per heavy atom. The van der Waals surface area contributed by atoms with Crippen molar-refractivity contribution in [1.29, 1.82) is 0 Å². The summed E-state index contributed by atoms with van der Waals surface area (Å²) in [6, 6.07) is 18.5. The van der Waals surface area contributed by atoms with E-state index in [2.05, 4.69) is 22.2 Å². The molecule has 28 heavy (non-hydrogen) atoms. The Balaban J connectivity index is 1.75. The highest BCUT2D eigenvalue weighted by Gasteiger charge is 2.13. The second kappa shape index (κ2) is 9.50. The molecule has 0 saturated heterocycles. The standard InChI is InChI=1S/C22H24N4O2/c1-3-4-14-26(2)21-15-19(23-16-24-21)22(27)25-18-12-8-9-13-20(18)28-17-10-6-5-7-11-17/h5-13,15-16H,3-4,14H2,1-2H3,(H,25,27). The van der Waals surface area contributed by atoms with E-state index < -0.39 is 0 Å². The van der Waals surface area contributed by atoms with Crippen LogP contribution in [0.15, 0.2) is 67.0 Å². The van der Waals surface area contributed by atoms with Crippen molar-refractivity contribution in [2.75, 3.05) is 23.8 Å². The molecule has 1 amide bonds. The third kappa shape index (κ3) is 5.07. The number of aromatic nitrogens is 2. The fraction of sp³-hybridized carbons (Fsp3) is 0.227. The first-order chi connectivity index (χ1) is 13.7. The van der Waals surface area contributed by atoms with Crippen molar-refractivity contribution < 1.29 is 9.53 Å². The third-order valence-electron chi connectivity index (χ3n) is 4.23. The molecule has 0 fully saturated rings. The van der Waals surface area contributed by atoms with Gasteiger partial charge < -0.3 is 15.0 Å². The van der Waals surface area contributed by atoms with Gasteiger partial charge in [-0.25, -0.2) is 9.97 Å². The number of hydrogen-bond donors (Lipinski definition) is 1. The summed E-state index contributed by atoms with van der Waals surface area (Å²) in [4.78, 5) is 23.1. The van der Waals surface area contributed by atoms with Crippen molar-refractivity contribution in [1.82, 2.24) is 9.97 Å². The van der Waals surface area contributed by atoms with Gasteiger partial charge in [-0.3, -0.25) is 4.79 Å². The smallest absolute Gasteiger partial charge is 0.274 e. The second-order valence-electron chi connectivity index (χ2n) is 6.40. The van der Waals surface area contributed by atoms with Crippen molar-refractivity contribution in [3.8, 4) is 11.5 Å². The first-order valence-electron chi connectivity index (χ1n) is 9.34. The average molecular weight is 376 g/mol. The van der Waals surface area contributed by atoms with Crippen molar-refractivity contribution >= 4 is 17.4 Å². The molecule has 0 aliphatic rings. The maximum absolute atomic E-state index is 12.7. The van der Waals surface area contributed by atoms with Crippen LogP contribution in [0.3, 0.4) is 0 Å². The van der Waals surface area contributed by atoms with Crippen LogP contribution in [0.25, 0.3) is 0 Å². The number of rotatable bonds is 8. The minimum atomic E-state index is -0.309. The van der Waals surface area contributed by atoms with E-state index in [1.54, 1.807) is 12.1 Å². The van der Waals surface area contributed by atoms with Gasteiger partial charge in [-0.05, 0) is 30.7 Å². The van der Waals surface area contributed by atoms with Crippen LogP contribution in [-0.4, -0.2) is 29.5 Å². The lowest BCUT2D eigenvalue weighted by Crippen LogP contribution is -2.21. The Hall–Kier alpha value is -3.41. The number of nitrogens with one attached hydrogen (secondary N) is 1. The number of amides is 1. The lowest BCUT2D eigenvalue weighted by Gasteiger charge is -2.18. The summed E-state index contributed by atoms with van der Waals surface area (Å²) in [7, 11) is 1.96. The molecule has 0 atom stereocenters. The van der Waals surface area contributed by atoms with Gasteiger partial charge in [0.25, 0.3) is 5.91 Å². The molecule has 1 heterocycles. The van der Waals surface area contributed by atoms with Crippen molar-refractivity contribution in [2.45, 2.75) is 19.8 Å². The molecule has 144 valence electrons. The molecule has 0 spiro atoms. The van der Waals surface area contributed by atoms with E-state index in [0.717, 1.165) is 25.2 Å². The summed E-state index contributed by atoms with van der Waals surface area (Å²) in [5.74, 6) is 1.68. The summed E-state index contributed by atoms with van der Waals surface area (Å²) >= 11 is 0. The topological polar surface area (TPSA) is 67.4 Å². The zero-order valence-electron chi connectivity index (χ0n) is 16.1. The molecule has 3 rings (SSSR count). The van der Waals surface area contributed by atoms with E-state index in [4.69, 9.17) is 4.74 Å². The van der Waals surface area contributed by atoms with E-state index in [-0.39, 0.29) is 5.91 Å². The first-order valence-corrected chi connectivity index (χ1v) is 9.34. The zero-order valence-corrected chi connectivity index (χ0v) is 16.1. The number of para-hydroxylation sites is 3. The Kier molecular flexibility index (Phi) is 6.57. The van der Waals surface area contributed by atoms with Crippen molar-refractivity contribution in [3.63, 3.8) is 0 Å². The van der Waals surface area contributed by atoms with Crippen LogP contribution in [0, 0.1) is 0 Å². The van der Waals surface area contributed by atoms with Gasteiger partial charge in [0, 0.05) is 19.7 Å². The lowest BCUT2D eigenvalue weighted by atomic mass is 10.2. The van der Waals surface area contributed by atoms with E-state index in [9.17, 15) is 4.79 Å². The number of nitrogens with zero attached hydrogens (tertiary/aromatic N) is 3. The van der Waals surface area contributed by atoms with Crippen LogP contribution in [-0.2, 0) is 0 Å². The van der Waals surface area contributed by atoms with E-state index >= 15 is 0 Å². The second-order valence-corrected chi connectivity index (χ2v) is 6.40. The van der Waals surface area contributed by atoms with Crippen LogP contribution in [0.5, 0.6) is 11.5 Å². The van der Waals surface area contributed by atoms with Gasteiger partial charge in [0.1, 0.15) is 23.6 Å². The molecule has 0 bridgehead atoms. The average Bonchev–Trinajstić information content (AvgIpc) is 2.74. The highest BCUT2D eigenvalue weighted by Crippen LogP contribution is 2.29. The number of unbranched alkanes of at least 4 members (excludes halogenated alkanes) is 1. The Bertz CT molecular complexity index is 915. The normalized spacial score (nSPS) is 10.4. The van der Waals surface area contributed by atoms with E-state index in [1.807, 2.05) is 60.5 Å². The molecule has 0 unspecified atom stereocenters. The molecule has 1 N–H and O–H groups in total. The van der Waals surface area contributed by atoms with Gasteiger partial charge in [-0.1, -0.05) is 43.7 Å². The summed E-state index contributed by atoms with van der Waals surface area (Å²) in [5.41, 5.74) is 0.888. The Morgan fingerprint density at radius 3 is 2.61 bits per heavy atom. The predicted octanol–water partition coefficient (Wildman–Crippen LogP) is 4.76. The number of carbonyl (C=O) groups is 1.